The van der Waals surface area contributed by atoms with E-state index in [9.17, 15) is 14.4 Å². The molecule has 36 heavy (non-hydrogen) atoms. The maximum absolute atomic E-state index is 12.7. The number of ether oxygens (including phenoxy) is 1. The van der Waals surface area contributed by atoms with E-state index in [0.29, 0.717) is 6.42 Å². The number of alkyl carbamates (subject to hydrolysis) is 1. The van der Waals surface area contributed by atoms with Crippen molar-refractivity contribution in [3.63, 3.8) is 0 Å². The van der Waals surface area contributed by atoms with E-state index in [1.807, 2.05) is 39.2 Å². The molecule has 8 heteroatoms. The van der Waals surface area contributed by atoms with Crippen molar-refractivity contribution in [2.45, 2.75) is 65.3 Å². The molecule has 194 valence electrons. The van der Waals surface area contributed by atoms with Gasteiger partial charge in [0, 0.05) is 25.2 Å². The summed E-state index contributed by atoms with van der Waals surface area (Å²) in [6.07, 6.45) is -0.0755. The Morgan fingerprint density at radius 3 is 2.28 bits per heavy atom. The number of nitrogens with zero attached hydrogens (tertiary/aromatic N) is 2. The fraction of sp³-hybridized carbons (Fsp3) is 0.464. The number of carbonyl (C=O) groups excluding carboxylic acids is 3. The van der Waals surface area contributed by atoms with Gasteiger partial charge in [-0.05, 0) is 82.6 Å². The van der Waals surface area contributed by atoms with E-state index in [0.717, 1.165) is 28.9 Å². The van der Waals surface area contributed by atoms with Crippen molar-refractivity contribution in [1.29, 1.82) is 0 Å². The fourth-order valence-corrected chi connectivity index (χ4v) is 4.54. The second kappa shape index (κ2) is 11.1. The van der Waals surface area contributed by atoms with Crippen LogP contribution in [-0.2, 0) is 20.9 Å². The van der Waals surface area contributed by atoms with Gasteiger partial charge in [-0.25, -0.2) is 4.79 Å². The van der Waals surface area contributed by atoms with Crippen LogP contribution in [0.3, 0.4) is 0 Å². The first-order chi connectivity index (χ1) is 16.8. The highest BCUT2D eigenvalue weighted by Crippen LogP contribution is 2.39. The minimum Gasteiger partial charge on any atom is -0.444 e. The Morgan fingerprint density at radius 1 is 1.06 bits per heavy atom. The summed E-state index contributed by atoms with van der Waals surface area (Å²) in [6, 6.07) is 14.0. The molecule has 1 heterocycles. The van der Waals surface area contributed by atoms with Crippen molar-refractivity contribution < 1.29 is 19.1 Å². The van der Waals surface area contributed by atoms with Gasteiger partial charge in [-0.3, -0.25) is 9.59 Å². The molecule has 2 atom stereocenters. The van der Waals surface area contributed by atoms with E-state index in [4.69, 9.17) is 4.74 Å². The predicted molar refractivity (Wildman–Crippen MR) is 142 cm³/mol. The zero-order valence-electron chi connectivity index (χ0n) is 22.3. The van der Waals surface area contributed by atoms with E-state index in [2.05, 4.69) is 39.8 Å². The Labute approximate surface area is 214 Å². The van der Waals surface area contributed by atoms with Crippen molar-refractivity contribution in [1.82, 2.24) is 15.5 Å². The summed E-state index contributed by atoms with van der Waals surface area (Å²) in [4.78, 5) is 41.0. The molecule has 2 aromatic rings. The monoisotopic (exact) mass is 494 g/mol. The number of anilines is 1. The summed E-state index contributed by atoms with van der Waals surface area (Å²) in [5, 5.41) is 5.55. The number of hydrogen-bond acceptors (Lipinski definition) is 5. The lowest BCUT2D eigenvalue weighted by molar-refractivity contribution is -0.121. The summed E-state index contributed by atoms with van der Waals surface area (Å²) in [6.45, 7) is 9.49. The van der Waals surface area contributed by atoms with Gasteiger partial charge >= 0.3 is 6.09 Å². The molecular weight excluding hydrogens is 456 g/mol. The molecule has 8 nitrogen and oxygen atoms in total. The van der Waals surface area contributed by atoms with E-state index >= 15 is 0 Å². The van der Waals surface area contributed by atoms with Crippen molar-refractivity contribution in [2.24, 2.45) is 0 Å². The summed E-state index contributed by atoms with van der Waals surface area (Å²) in [5.74, 6) is -0.361. The summed E-state index contributed by atoms with van der Waals surface area (Å²) in [5.41, 5.74) is 4.32. The van der Waals surface area contributed by atoms with Gasteiger partial charge in [0.05, 0.1) is 6.04 Å². The predicted octanol–water partition coefficient (Wildman–Crippen LogP) is 4.24. The highest BCUT2D eigenvalue weighted by atomic mass is 16.6. The molecule has 1 aliphatic rings. The third-order valence-corrected chi connectivity index (χ3v) is 5.93. The number of nitrogens with one attached hydrogen (secondary N) is 2. The van der Waals surface area contributed by atoms with E-state index in [1.165, 1.54) is 5.56 Å². The topological polar surface area (TPSA) is 91.0 Å². The van der Waals surface area contributed by atoms with Crippen LogP contribution in [0, 0.1) is 0 Å². The molecule has 0 spiro atoms. The Balaban J connectivity index is 1.84. The Bertz CT molecular complexity index is 1110. The van der Waals surface area contributed by atoms with Crippen molar-refractivity contribution >= 4 is 23.6 Å². The molecule has 3 rings (SSSR count). The highest BCUT2D eigenvalue weighted by molar-refractivity contribution is 5.94. The van der Waals surface area contributed by atoms with Gasteiger partial charge in [0.1, 0.15) is 12.1 Å². The standard InChI is InChI=1S/C28H38N4O4/c1-18-14-24(30-26(34)16-29-27(35)36-28(3,4)5)23-15-22(12-13-25(23)32(18)19(2)33)21-10-8-20(9-11-21)17-31(6)7/h8-13,15,18,24H,14,16-17H2,1-7H3,(H,29,35)(H,30,34)/t18-,24+/m0/s1. The smallest absolute Gasteiger partial charge is 0.408 e. The number of fused-ring (bicyclic) bond motifs is 1. The Hall–Kier alpha value is -3.39. The van der Waals surface area contributed by atoms with Gasteiger partial charge in [0.15, 0.2) is 0 Å². The Morgan fingerprint density at radius 2 is 1.69 bits per heavy atom. The quantitative estimate of drug-likeness (QED) is 0.627. The maximum Gasteiger partial charge on any atom is 0.408 e. The second-order valence-corrected chi connectivity index (χ2v) is 10.7. The average Bonchev–Trinajstić information content (AvgIpc) is 2.76. The molecular formula is C28H38N4O4. The molecule has 0 unspecified atom stereocenters. The summed E-state index contributed by atoms with van der Waals surface area (Å²) < 4.78 is 5.21. The molecule has 1 aliphatic heterocycles. The maximum atomic E-state index is 12.7. The van der Waals surface area contributed by atoms with Gasteiger partial charge < -0.3 is 25.2 Å². The lowest BCUT2D eigenvalue weighted by Gasteiger charge is -2.39. The molecule has 0 aromatic heterocycles. The van der Waals surface area contributed by atoms with E-state index in [-0.39, 0.29) is 30.4 Å². The van der Waals surface area contributed by atoms with Gasteiger partial charge in [-0.15, -0.1) is 0 Å². The first-order valence-corrected chi connectivity index (χ1v) is 12.3. The van der Waals surface area contributed by atoms with Crippen LogP contribution in [0.25, 0.3) is 11.1 Å². The minimum absolute atomic E-state index is 0.0408. The van der Waals surface area contributed by atoms with Crippen LogP contribution in [0.1, 0.15) is 58.2 Å². The summed E-state index contributed by atoms with van der Waals surface area (Å²) in [7, 11) is 4.08. The number of carbonyl (C=O) groups is 3. The lowest BCUT2D eigenvalue weighted by atomic mass is 9.89. The molecule has 2 N–H and O–H groups in total. The third kappa shape index (κ3) is 7.07. The van der Waals surface area contributed by atoms with Gasteiger partial charge in [-0.2, -0.15) is 0 Å². The molecule has 0 saturated heterocycles. The molecule has 0 saturated carbocycles. The van der Waals surface area contributed by atoms with Crippen LogP contribution >= 0.6 is 0 Å². The minimum atomic E-state index is -0.643. The number of benzene rings is 2. The van der Waals surface area contributed by atoms with Crippen LogP contribution < -0.4 is 15.5 Å². The number of amides is 3. The van der Waals surface area contributed by atoms with Gasteiger partial charge in [0.2, 0.25) is 11.8 Å². The average molecular weight is 495 g/mol. The third-order valence-electron chi connectivity index (χ3n) is 5.93. The van der Waals surface area contributed by atoms with Crippen molar-refractivity contribution in [3.8, 4) is 11.1 Å². The number of hydrogen-bond donors (Lipinski definition) is 2. The van der Waals surface area contributed by atoms with E-state index < -0.39 is 11.7 Å². The molecule has 2 aromatic carbocycles. The van der Waals surface area contributed by atoms with Crippen molar-refractivity contribution in [3.05, 3.63) is 53.6 Å². The largest absolute Gasteiger partial charge is 0.444 e. The Kier molecular flexibility index (Phi) is 8.40. The first kappa shape index (κ1) is 27.2. The molecule has 3 amide bonds. The molecule has 0 radical (unpaired) electrons. The summed E-state index contributed by atoms with van der Waals surface area (Å²) >= 11 is 0. The zero-order valence-corrected chi connectivity index (χ0v) is 22.3. The van der Waals surface area contributed by atoms with Crippen LogP contribution in [0.15, 0.2) is 42.5 Å². The van der Waals surface area contributed by atoms with Crippen LogP contribution in [0.5, 0.6) is 0 Å². The SMILES string of the molecule is CC(=O)N1c2ccc(-c3ccc(CN(C)C)cc3)cc2[C@H](NC(=O)CNC(=O)OC(C)(C)C)C[C@@H]1C. The van der Waals surface area contributed by atoms with Crippen molar-refractivity contribution in [2.75, 3.05) is 25.5 Å². The second-order valence-electron chi connectivity index (χ2n) is 10.7. The van der Waals surface area contributed by atoms with Crippen LogP contribution in [0.4, 0.5) is 10.5 Å². The van der Waals surface area contributed by atoms with Crippen LogP contribution in [0.2, 0.25) is 0 Å². The van der Waals surface area contributed by atoms with Crippen LogP contribution in [-0.4, -0.2) is 55.1 Å². The molecule has 0 fully saturated rings. The van der Waals surface area contributed by atoms with Gasteiger partial charge in [0.25, 0.3) is 0 Å². The lowest BCUT2D eigenvalue weighted by Crippen LogP contribution is -2.47. The normalized spacial score (nSPS) is 17.4. The van der Waals surface area contributed by atoms with E-state index in [1.54, 1.807) is 32.6 Å². The molecule has 0 aliphatic carbocycles. The molecule has 0 bridgehead atoms. The highest BCUT2D eigenvalue weighted by Gasteiger charge is 2.33. The van der Waals surface area contributed by atoms with Gasteiger partial charge in [-0.1, -0.05) is 30.3 Å². The zero-order chi connectivity index (χ0) is 26.6. The first-order valence-electron chi connectivity index (χ1n) is 12.3. The fourth-order valence-electron chi connectivity index (χ4n) is 4.54. The number of rotatable bonds is 6.